The summed E-state index contributed by atoms with van der Waals surface area (Å²) in [6.07, 6.45) is 0. The topological polar surface area (TPSA) is 67.6 Å². The third-order valence-electron chi connectivity index (χ3n) is 2.28. The minimum absolute atomic E-state index is 0.0307. The van der Waals surface area contributed by atoms with Crippen LogP contribution in [0.5, 0.6) is 5.75 Å². The van der Waals surface area contributed by atoms with E-state index in [4.69, 9.17) is 4.74 Å². The molecule has 0 fully saturated rings. The number of hydrogen-bond acceptors (Lipinski definition) is 5. The van der Waals surface area contributed by atoms with Gasteiger partial charge in [-0.3, -0.25) is 10.1 Å². The van der Waals surface area contributed by atoms with Gasteiger partial charge in [-0.05, 0) is 20.2 Å². The Hall–Kier alpha value is -1.82. The maximum absolute atomic E-state index is 10.9. The van der Waals surface area contributed by atoms with Crippen molar-refractivity contribution in [1.82, 2.24) is 4.90 Å². The van der Waals surface area contributed by atoms with E-state index in [1.807, 2.05) is 19.0 Å². The van der Waals surface area contributed by atoms with Crippen molar-refractivity contribution in [3.05, 3.63) is 28.3 Å². The summed E-state index contributed by atoms with van der Waals surface area (Å²) in [5, 5.41) is 13.9. The van der Waals surface area contributed by atoms with E-state index in [0.717, 1.165) is 6.54 Å². The molecule has 0 saturated carbocycles. The lowest BCUT2D eigenvalue weighted by atomic mass is 10.2. The van der Waals surface area contributed by atoms with Crippen molar-refractivity contribution >= 4 is 11.4 Å². The van der Waals surface area contributed by atoms with E-state index in [1.165, 1.54) is 13.2 Å². The molecule has 6 nitrogen and oxygen atoms in total. The molecule has 94 valence electrons. The molecule has 0 aliphatic carbocycles. The van der Waals surface area contributed by atoms with Gasteiger partial charge in [0.25, 0.3) is 5.69 Å². The molecule has 0 radical (unpaired) electrons. The highest BCUT2D eigenvalue weighted by molar-refractivity contribution is 5.69. The van der Waals surface area contributed by atoms with Crippen LogP contribution in [0.25, 0.3) is 0 Å². The van der Waals surface area contributed by atoms with Crippen molar-refractivity contribution in [1.29, 1.82) is 0 Å². The van der Waals surface area contributed by atoms with Crippen molar-refractivity contribution in [2.45, 2.75) is 0 Å². The first-order chi connectivity index (χ1) is 8.06. The van der Waals surface area contributed by atoms with Crippen molar-refractivity contribution < 1.29 is 9.66 Å². The Labute approximate surface area is 100 Å². The van der Waals surface area contributed by atoms with Crippen LogP contribution in [0.2, 0.25) is 0 Å². The van der Waals surface area contributed by atoms with Crippen molar-refractivity contribution in [2.75, 3.05) is 39.6 Å². The predicted molar refractivity (Wildman–Crippen MR) is 66.7 cm³/mol. The summed E-state index contributed by atoms with van der Waals surface area (Å²) >= 11 is 0. The van der Waals surface area contributed by atoms with Gasteiger partial charge in [-0.25, -0.2) is 0 Å². The summed E-state index contributed by atoms with van der Waals surface area (Å²) < 4.78 is 5.11. The van der Waals surface area contributed by atoms with Gasteiger partial charge in [0.05, 0.1) is 12.0 Å². The van der Waals surface area contributed by atoms with E-state index in [9.17, 15) is 10.1 Å². The molecule has 0 unspecified atom stereocenters. The molecule has 0 aliphatic rings. The van der Waals surface area contributed by atoms with Crippen LogP contribution in [0.15, 0.2) is 18.2 Å². The first-order valence-electron chi connectivity index (χ1n) is 5.26. The second kappa shape index (κ2) is 6.05. The smallest absolute Gasteiger partial charge is 0.296 e. The Morgan fingerprint density at radius 3 is 2.71 bits per heavy atom. The normalized spacial score (nSPS) is 10.4. The van der Waals surface area contributed by atoms with E-state index in [0.29, 0.717) is 18.0 Å². The number of benzene rings is 1. The minimum atomic E-state index is -0.416. The highest BCUT2D eigenvalue weighted by atomic mass is 16.6. The molecular weight excluding hydrogens is 222 g/mol. The average molecular weight is 239 g/mol. The lowest BCUT2D eigenvalue weighted by molar-refractivity contribution is -0.384. The number of para-hydroxylation sites is 1. The van der Waals surface area contributed by atoms with E-state index >= 15 is 0 Å². The first-order valence-corrected chi connectivity index (χ1v) is 5.26. The molecule has 0 spiro atoms. The Kier molecular flexibility index (Phi) is 4.71. The third-order valence-corrected chi connectivity index (χ3v) is 2.28. The van der Waals surface area contributed by atoms with Crippen LogP contribution < -0.4 is 10.1 Å². The zero-order valence-electron chi connectivity index (χ0n) is 10.3. The minimum Gasteiger partial charge on any atom is -0.494 e. The number of nitro benzene ring substituents is 1. The maximum atomic E-state index is 10.9. The molecule has 1 rings (SSSR count). The van der Waals surface area contributed by atoms with Crippen molar-refractivity contribution in [2.24, 2.45) is 0 Å². The Bertz CT molecular complexity index is 394. The van der Waals surface area contributed by atoms with Crippen LogP contribution in [-0.2, 0) is 0 Å². The lowest BCUT2D eigenvalue weighted by Crippen LogP contribution is -2.21. The molecular formula is C11H17N3O3. The van der Waals surface area contributed by atoms with Crippen molar-refractivity contribution in [3.8, 4) is 5.75 Å². The standard InChI is InChI=1S/C11H17N3O3/c1-13(2)8-7-12-11-9(14(15)16)5-4-6-10(11)17-3/h4-6,12H,7-8H2,1-3H3. The SMILES string of the molecule is COc1cccc([N+](=O)[O-])c1NCCN(C)C. The number of nitro groups is 1. The highest BCUT2D eigenvalue weighted by Crippen LogP contribution is 2.33. The van der Waals surface area contributed by atoms with E-state index in [2.05, 4.69) is 5.32 Å². The van der Waals surface area contributed by atoms with Gasteiger partial charge >= 0.3 is 0 Å². The van der Waals surface area contributed by atoms with E-state index in [1.54, 1.807) is 12.1 Å². The molecule has 6 heteroatoms. The second-order valence-corrected chi connectivity index (χ2v) is 3.84. The van der Waals surface area contributed by atoms with E-state index in [-0.39, 0.29) is 5.69 Å². The summed E-state index contributed by atoms with van der Waals surface area (Å²) in [6, 6.07) is 4.76. The zero-order valence-corrected chi connectivity index (χ0v) is 10.3. The second-order valence-electron chi connectivity index (χ2n) is 3.84. The van der Waals surface area contributed by atoms with Gasteiger partial charge in [0.1, 0.15) is 5.75 Å². The monoisotopic (exact) mass is 239 g/mol. The predicted octanol–water partition coefficient (Wildman–Crippen LogP) is 1.58. The zero-order chi connectivity index (χ0) is 12.8. The van der Waals surface area contributed by atoms with Gasteiger partial charge in [0.2, 0.25) is 0 Å². The van der Waals surface area contributed by atoms with Gasteiger partial charge in [0, 0.05) is 19.2 Å². The number of rotatable bonds is 6. The van der Waals surface area contributed by atoms with Crippen LogP contribution in [0.3, 0.4) is 0 Å². The summed E-state index contributed by atoms with van der Waals surface area (Å²) in [7, 11) is 5.38. The number of likely N-dealkylation sites (N-methyl/N-ethyl adjacent to an activating group) is 1. The van der Waals surface area contributed by atoms with Crippen molar-refractivity contribution in [3.63, 3.8) is 0 Å². The van der Waals surface area contributed by atoms with Crippen LogP contribution in [0.4, 0.5) is 11.4 Å². The highest BCUT2D eigenvalue weighted by Gasteiger charge is 2.17. The van der Waals surface area contributed by atoms with Crippen LogP contribution >= 0.6 is 0 Å². The largest absolute Gasteiger partial charge is 0.494 e. The molecule has 0 heterocycles. The molecule has 0 atom stereocenters. The average Bonchev–Trinajstić information content (AvgIpc) is 2.28. The summed E-state index contributed by atoms with van der Waals surface area (Å²) in [5.74, 6) is 0.484. The molecule has 0 amide bonds. The fourth-order valence-corrected chi connectivity index (χ4v) is 1.42. The van der Waals surface area contributed by atoms with Gasteiger partial charge in [-0.15, -0.1) is 0 Å². The van der Waals surface area contributed by atoms with Gasteiger partial charge in [0.15, 0.2) is 5.69 Å². The molecule has 1 aromatic carbocycles. The molecule has 0 saturated heterocycles. The molecule has 1 aromatic rings. The first kappa shape index (κ1) is 13.2. The number of nitrogens with one attached hydrogen (secondary N) is 1. The molecule has 0 aromatic heterocycles. The third kappa shape index (κ3) is 3.60. The number of anilines is 1. The van der Waals surface area contributed by atoms with Gasteiger partial charge < -0.3 is 15.0 Å². The Morgan fingerprint density at radius 2 is 2.18 bits per heavy atom. The maximum Gasteiger partial charge on any atom is 0.296 e. The number of hydrogen-bond donors (Lipinski definition) is 1. The van der Waals surface area contributed by atoms with Crippen LogP contribution in [0.1, 0.15) is 0 Å². The summed E-state index contributed by atoms with van der Waals surface area (Å²) in [6.45, 7) is 1.41. The summed E-state index contributed by atoms with van der Waals surface area (Å²) in [5.41, 5.74) is 0.463. The molecule has 17 heavy (non-hydrogen) atoms. The fourth-order valence-electron chi connectivity index (χ4n) is 1.42. The Balaban J connectivity index is 2.89. The summed E-state index contributed by atoms with van der Waals surface area (Å²) in [4.78, 5) is 12.5. The number of methoxy groups -OCH3 is 1. The molecule has 0 bridgehead atoms. The van der Waals surface area contributed by atoms with Crippen LogP contribution in [0, 0.1) is 10.1 Å². The van der Waals surface area contributed by atoms with Gasteiger partial charge in [-0.1, -0.05) is 6.07 Å². The number of ether oxygens (including phenoxy) is 1. The lowest BCUT2D eigenvalue weighted by Gasteiger charge is -2.13. The van der Waals surface area contributed by atoms with Gasteiger partial charge in [-0.2, -0.15) is 0 Å². The Morgan fingerprint density at radius 1 is 1.47 bits per heavy atom. The molecule has 1 N–H and O–H groups in total. The fraction of sp³-hybridized carbons (Fsp3) is 0.455. The number of nitrogens with zero attached hydrogens (tertiary/aromatic N) is 2. The van der Waals surface area contributed by atoms with Crippen LogP contribution in [-0.4, -0.2) is 44.1 Å². The van der Waals surface area contributed by atoms with E-state index < -0.39 is 4.92 Å². The molecule has 0 aliphatic heterocycles. The quantitative estimate of drug-likeness (QED) is 0.603.